The zero-order valence-electron chi connectivity index (χ0n) is 13.7. The minimum atomic E-state index is -0.387. The fraction of sp³-hybridized carbons (Fsp3) is 0.105. The average Bonchev–Trinajstić information content (AvgIpc) is 2.66. The molecule has 0 fully saturated rings. The third kappa shape index (κ3) is 4.60. The van der Waals surface area contributed by atoms with Crippen molar-refractivity contribution >= 4 is 17.4 Å². The molecule has 0 saturated heterocycles. The normalized spacial score (nSPS) is 10.4. The lowest BCUT2D eigenvalue weighted by molar-refractivity contribution is 0.0948. The van der Waals surface area contributed by atoms with E-state index in [1.807, 2.05) is 0 Å². The summed E-state index contributed by atoms with van der Waals surface area (Å²) < 4.78 is 26.4. The van der Waals surface area contributed by atoms with Gasteiger partial charge in [0.2, 0.25) is 0 Å². The molecule has 7 heteroatoms. The van der Waals surface area contributed by atoms with Gasteiger partial charge in [-0.15, -0.1) is 10.2 Å². The Morgan fingerprint density at radius 3 is 2.38 bits per heavy atom. The molecule has 2 N–H and O–H groups in total. The lowest BCUT2D eigenvalue weighted by Gasteiger charge is -2.07. The van der Waals surface area contributed by atoms with Crippen molar-refractivity contribution in [1.29, 1.82) is 0 Å². The molecule has 0 atom stereocenters. The molecule has 0 spiro atoms. The molecule has 0 aliphatic carbocycles. The van der Waals surface area contributed by atoms with Crippen LogP contribution in [0, 0.1) is 11.6 Å². The number of benzene rings is 2. The molecular formula is C19H16F2N4O. The number of amides is 1. The molecule has 0 aliphatic heterocycles. The summed E-state index contributed by atoms with van der Waals surface area (Å²) in [5.74, 6) is -0.580. The first-order valence-corrected chi connectivity index (χ1v) is 8.00. The number of nitrogens with one attached hydrogen (secondary N) is 2. The van der Waals surface area contributed by atoms with Crippen LogP contribution in [-0.4, -0.2) is 22.6 Å². The van der Waals surface area contributed by atoms with Gasteiger partial charge in [-0.1, -0.05) is 18.2 Å². The maximum absolute atomic E-state index is 13.5. The highest BCUT2D eigenvalue weighted by atomic mass is 19.1. The minimum absolute atomic E-state index is 0.156. The second-order valence-corrected chi connectivity index (χ2v) is 5.53. The first-order valence-electron chi connectivity index (χ1n) is 8.00. The number of carbonyl (C=O) groups excluding carboxylic acids is 1. The first-order chi connectivity index (χ1) is 12.6. The van der Waals surface area contributed by atoms with Crippen molar-refractivity contribution < 1.29 is 13.6 Å². The van der Waals surface area contributed by atoms with Gasteiger partial charge < -0.3 is 10.6 Å². The van der Waals surface area contributed by atoms with Gasteiger partial charge in [0, 0.05) is 12.2 Å². The molecule has 1 aromatic heterocycles. The molecule has 5 nitrogen and oxygen atoms in total. The van der Waals surface area contributed by atoms with Crippen molar-refractivity contribution in [2.75, 3.05) is 11.9 Å². The Morgan fingerprint density at radius 2 is 1.69 bits per heavy atom. The summed E-state index contributed by atoms with van der Waals surface area (Å²) in [6, 6.07) is 15.3. The average molecular weight is 354 g/mol. The van der Waals surface area contributed by atoms with Gasteiger partial charge in [-0.2, -0.15) is 0 Å². The largest absolute Gasteiger partial charge is 0.350 e. The van der Waals surface area contributed by atoms with Gasteiger partial charge in [-0.05, 0) is 54.4 Å². The lowest BCUT2D eigenvalue weighted by atomic mass is 10.1. The van der Waals surface area contributed by atoms with Crippen LogP contribution in [0.4, 0.5) is 20.3 Å². The highest BCUT2D eigenvalue weighted by Crippen LogP contribution is 2.14. The van der Waals surface area contributed by atoms with E-state index in [1.165, 1.54) is 24.3 Å². The Morgan fingerprint density at radius 1 is 0.923 bits per heavy atom. The maximum atomic E-state index is 13.5. The zero-order chi connectivity index (χ0) is 18.4. The molecule has 0 bridgehead atoms. The Hall–Kier alpha value is -3.35. The third-order valence-electron chi connectivity index (χ3n) is 3.65. The van der Waals surface area contributed by atoms with Gasteiger partial charge in [0.15, 0.2) is 11.5 Å². The number of nitrogens with zero attached hydrogens (tertiary/aromatic N) is 2. The van der Waals surface area contributed by atoms with Gasteiger partial charge in [0.25, 0.3) is 5.91 Å². The number of anilines is 2. The molecule has 0 saturated carbocycles. The summed E-state index contributed by atoms with van der Waals surface area (Å²) in [4.78, 5) is 12.1. The number of halogens is 2. The van der Waals surface area contributed by atoms with Gasteiger partial charge in [-0.25, -0.2) is 8.78 Å². The molecule has 2 aromatic carbocycles. The van der Waals surface area contributed by atoms with Crippen LogP contribution in [0.3, 0.4) is 0 Å². The summed E-state index contributed by atoms with van der Waals surface area (Å²) in [6.45, 7) is 0.289. The topological polar surface area (TPSA) is 66.9 Å². The summed E-state index contributed by atoms with van der Waals surface area (Å²) in [6.07, 6.45) is 0.385. The maximum Gasteiger partial charge on any atom is 0.271 e. The first kappa shape index (κ1) is 17.5. The standard InChI is InChI=1S/C19H16F2N4O/c20-14-5-7-15(8-6-14)23-18-10-9-17(24-25-18)19(26)22-12-11-13-3-1-2-4-16(13)21/h1-10H,11-12H2,(H,22,26)(H,23,25). The van der Waals surface area contributed by atoms with E-state index < -0.39 is 0 Å². The van der Waals surface area contributed by atoms with E-state index in [0.29, 0.717) is 23.5 Å². The molecule has 0 unspecified atom stereocenters. The summed E-state index contributed by atoms with van der Waals surface area (Å²) in [7, 11) is 0. The van der Waals surface area contributed by atoms with E-state index in [1.54, 1.807) is 36.4 Å². The van der Waals surface area contributed by atoms with Gasteiger partial charge >= 0.3 is 0 Å². The third-order valence-corrected chi connectivity index (χ3v) is 3.65. The quantitative estimate of drug-likeness (QED) is 0.711. The van der Waals surface area contributed by atoms with Crippen molar-refractivity contribution in [3.05, 3.63) is 83.6 Å². The zero-order valence-corrected chi connectivity index (χ0v) is 13.7. The monoisotopic (exact) mass is 354 g/mol. The van der Waals surface area contributed by atoms with Crippen molar-refractivity contribution in [2.24, 2.45) is 0 Å². The van der Waals surface area contributed by atoms with Crippen molar-refractivity contribution in [3.8, 4) is 0 Å². The summed E-state index contributed by atoms with van der Waals surface area (Å²) in [5, 5.41) is 13.4. The van der Waals surface area contributed by atoms with Crippen LogP contribution < -0.4 is 10.6 Å². The van der Waals surface area contributed by atoms with Crippen molar-refractivity contribution in [2.45, 2.75) is 6.42 Å². The molecule has 132 valence electrons. The Bertz CT molecular complexity index is 883. The molecular weight excluding hydrogens is 338 g/mol. The van der Waals surface area contributed by atoms with Crippen LogP contribution in [0.1, 0.15) is 16.1 Å². The van der Waals surface area contributed by atoms with E-state index in [4.69, 9.17) is 0 Å². The van der Waals surface area contributed by atoms with Crippen LogP contribution in [-0.2, 0) is 6.42 Å². The van der Waals surface area contributed by atoms with Gasteiger partial charge in [0.05, 0.1) is 0 Å². The summed E-state index contributed by atoms with van der Waals surface area (Å²) >= 11 is 0. The second-order valence-electron chi connectivity index (χ2n) is 5.53. The van der Waals surface area contributed by atoms with Crippen molar-refractivity contribution in [1.82, 2.24) is 15.5 Å². The van der Waals surface area contributed by atoms with Crippen LogP contribution in [0.25, 0.3) is 0 Å². The SMILES string of the molecule is O=C(NCCc1ccccc1F)c1ccc(Nc2ccc(F)cc2)nn1. The highest BCUT2D eigenvalue weighted by Gasteiger charge is 2.09. The van der Waals surface area contributed by atoms with Crippen LogP contribution >= 0.6 is 0 Å². The molecule has 3 rings (SSSR count). The van der Waals surface area contributed by atoms with E-state index in [0.717, 1.165) is 0 Å². The van der Waals surface area contributed by atoms with Gasteiger partial charge in [-0.3, -0.25) is 4.79 Å². The molecule has 1 heterocycles. The smallest absolute Gasteiger partial charge is 0.271 e. The number of hydrogen-bond acceptors (Lipinski definition) is 4. The lowest BCUT2D eigenvalue weighted by Crippen LogP contribution is -2.27. The van der Waals surface area contributed by atoms with E-state index in [9.17, 15) is 13.6 Å². The molecule has 0 aliphatic rings. The van der Waals surface area contributed by atoms with Crippen LogP contribution in [0.15, 0.2) is 60.7 Å². The predicted octanol–water partition coefficient (Wildman–Crippen LogP) is 3.47. The number of carbonyl (C=O) groups is 1. The number of aromatic nitrogens is 2. The Labute approximate surface area is 149 Å². The predicted molar refractivity (Wildman–Crippen MR) is 94.2 cm³/mol. The highest BCUT2D eigenvalue weighted by molar-refractivity contribution is 5.92. The number of rotatable bonds is 6. The minimum Gasteiger partial charge on any atom is -0.350 e. The molecule has 3 aromatic rings. The Balaban J connectivity index is 1.53. The molecule has 1 amide bonds. The van der Waals surface area contributed by atoms with Gasteiger partial charge in [0.1, 0.15) is 11.6 Å². The van der Waals surface area contributed by atoms with E-state index in [-0.39, 0.29) is 29.8 Å². The molecule has 0 radical (unpaired) electrons. The molecule has 26 heavy (non-hydrogen) atoms. The number of hydrogen-bond donors (Lipinski definition) is 2. The van der Waals surface area contributed by atoms with E-state index >= 15 is 0 Å². The van der Waals surface area contributed by atoms with Crippen LogP contribution in [0.2, 0.25) is 0 Å². The fourth-order valence-corrected chi connectivity index (χ4v) is 2.30. The second kappa shape index (κ2) is 8.15. The fourth-order valence-electron chi connectivity index (χ4n) is 2.30. The van der Waals surface area contributed by atoms with Crippen LogP contribution in [0.5, 0.6) is 0 Å². The summed E-state index contributed by atoms with van der Waals surface area (Å²) in [5.41, 5.74) is 1.35. The Kier molecular flexibility index (Phi) is 5.48. The van der Waals surface area contributed by atoms with Crippen molar-refractivity contribution in [3.63, 3.8) is 0 Å². The van der Waals surface area contributed by atoms with E-state index in [2.05, 4.69) is 20.8 Å².